The average Bonchev–Trinajstić information content (AvgIpc) is 3.49. The van der Waals surface area contributed by atoms with E-state index in [-0.39, 0.29) is 17.4 Å². The molecule has 1 N–H and O–H groups in total. The Morgan fingerprint density at radius 3 is 2.21 bits per heavy atom. The van der Waals surface area contributed by atoms with Crippen molar-refractivity contribution in [2.75, 3.05) is 13.7 Å². The van der Waals surface area contributed by atoms with E-state index in [1.807, 2.05) is 17.0 Å². The van der Waals surface area contributed by atoms with E-state index in [0.29, 0.717) is 25.1 Å². The molecular formula is C26H29F3N2O3. The summed E-state index contributed by atoms with van der Waals surface area (Å²) in [7, 11) is 1.33. The second-order valence-corrected chi connectivity index (χ2v) is 10.1. The van der Waals surface area contributed by atoms with Crippen molar-refractivity contribution in [1.29, 1.82) is 0 Å². The van der Waals surface area contributed by atoms with Crippen LogP contribution in [-0.4, -0.2) is 36.5 Å². The molecule has 1 aliphatic heterocycles. The van der Waals surface area contributed by atoms with Crippen LogP contribution in [0.2, 0.25) is 0 Å². The zero-order valence-electron chi connectivity index (χ0n) is 19.5. The van der Waals surface area contributed by atoms with Gasteiger partial charge in [-0.3, -0.25) is 9.69 Å². The summed E-state index contributed by atoms with van der Waals surface area (Å²) >= 11 is 0. The minimum absolute atomic E-state index is 0.0768. The maximum Gasteiger partial charge on any atom is 0.416 e. The van der Waals surface area contributed by atoms with E-state index < -0.39 is 23.2 Å². The number of hydrogen-bond donors (Lipinski definition) is 1. The van der Waals surface area contributed by atoms with Crippen molar-refractivity contribution in [3.05, 3.63) is 70.8 Å². The molecule has 8 heteroatoms. The molecule has 1 unspecified atom stereocenters. The summed E-state index contributed by atoms with van der Waals surface area (Å²) in [5, 5.41) is 3.23. The van der Waals surface area contributed by atoms with Gasteiger partial charge in [-0.25, -0.2) is 4.79 Å². The van der Waals surface area contributed by atoms with Crippen LogP contribution in [0.25, 0.3) is 0 Å². The minimum atomic E-state index is -4.37. The number of benzene rings is 2. The number of carbonyl (C=O) groups excluding carboxylic acids is 2. The number of halogens is 3. The summed E-state index contributed by atoms with van der Waals surface area (Å²) < 4.78 is 43.4. The van der Waals surface area contributed by atoms with Gasteiger partial charge in [-0.15, -0.1) is 0 Å². The first-order valence-electron chi connectivity index (χ1n) is 11.3. The van der Waals surface area contributed by atoms with Crippen LogP contribution in [-0.2, 0) is 27.8 Å². The molecule has 1 atom stereocenters. The lowest BCUT2D eigenvalue weighted by atomic mass is 9.90. The largest absolute Gasteiger partial charge is 0.465 e. The van der Waals surface area contributed by atoms with Gasteiger partial charge in [-0.05, 0) is 60.1 Å². The van der Waals surface area contributed by atoms with E-state index in [1.165, 1.54) is 19.2 Å². The Balaban J connectivity index is 1.47. The van der Waals surface area contributed by atoms with Gasteiger partial charge in [0, 0.05) is 13.1 Å². The van der Waals surface area contributed by atoms with Crippen molar-refractivity contribution < 1.29 is 27.5 Å². The van der Waals surface area contributed by atoms with Crippen LogP contribution in [0.1, 0.15) is 60.2 Å². The Morgan fingerprint density at radius 1 is 1.06 bits per heavy atom. The van der Waals surface area contributed by atoms with Gasteiger partial charge in [0.1, 0.15) is 0 Å². The lowest BCUT2D eigenvalue weighted by molar-refractivity contribution is -0.137. The Labute approximate surface area is 197 Å². The predicted octanol–water partition coefficient (Wildman–Crippen LogP) is 4.90. The van der Waals surface area contributed by atoms with Gasteiger partial charge < -0.3 is 10.1 Å². The molecule has 1 saturated heterocycles. The first-order chi connectivity index (χ1) is 15.9. The zero-order valence-corrected chi connectivity index (χ0v) is 19.5. The Morgan fingerprint density at radius 2 is 1.68 bits per heavy atom. The Kier molecular flexibility index (Phi) is 6.23. The quantitative estimate of drug-likeness (QED) is 0.606. The number of ether oxygens (including phenoxy) is 1. The predicted molar refractivity (Wildman–Crippen MR) is 121 cm³/mol. The maximum absolute atomic E-state index is 13.4. The molecule has 1 heterocycles. The highest BCUT2D eigenvalue weighted by Gasteiger charge is 2.49. The molecule has 182 valence electrons. The van der Waals surface area contributed by atoms with Crippen molar-refractivity contribution in [2.24, 2.45) is 5.41 Å². The van der Waals surface area contributed by atoms with E-state index >= 15 is 0 Å². The molecule has 2 aromatic rings. The molecule has 0 aromatic heterocycles. The molecule has 1 saturated carbocycles. The molecular weight excluding hydrogens is 445 g/mol. The standard InChI is InChI=1S/C26H29F3N2O3/c1-24(2)14-21(31(16-24)15-17-4-8-20(9-5-17)26(27,28)29)22(32)30-25(12-13-25)19-10-6-18(7-11-19)23(33)34-3/h4-11,21H,12-16H2,1-3H3,(H,30,32). The molecule has 2 aliphatic rings. The lowest BCUT2D eigenvalue weighted by Gasteiger charge is -2.27. The molecule has 0 spiro atoms. The highest BCUT2D eigenvalue weighted by atomic mass is 19.4. The number of esters is 1. The van der Waals surface area contributed by atoms with Crippen LogP contribution in [0, 0.1) is 5.41 Å². The van der Waals surface area contributed by atoms with Crippen molar-refractivity contribution >= 4 is 11.9 Å². The van der Waals surface area contributed by atoms with Crippen LogP contribution in [0.4, 0.5) is 13.2 Å². The van der Waals surface area contributed by atoms with Gasteiger partial charge in [0.15, 0.2) is 0 Å². The zero-order chi connectivity index (χ0) is 24.7. The fourth-order valence-electron chi connectivity index (χ4n) is 4.81. The number of hydrogen-bond acceptors (Lipinski definition) is 4. The number of carbonyl (C=O) groups is 2. The lowest BCUT2D eigenvalue weighted by Crippen LogP contribution is -2.46. The normalized spacial score (nSPS) is 21.2. The van der Waals surface area contributed by atoms with Gasteiger partial charge in [-0.1, -0.05) is 38.1 Å². The maximum atomic E-state index is 13.4. The molecule has 1 amide bonds. The molecule has 2 aromatic carbocycles. The van der Waals surface area contributed by atoms with Crippen LogP contribution in [0.15, 0.2) is 48.5 Å². The second-order valence-electron chi connectivity index (χ2n) is 10.1. The van der Waals surface area contributed by atoms with Crippen LogP contribution in [0.5, 0.6) is 0 Å². The van der Waals surface area contributed by atoms with E-state index in [4.69, 9.17) is 4.74 Å². The molecule has 5 nitrogen and oxygen atoms in total. The SMILES string of the molecule is COC(=O)c1ccc(C2(NC(=O)C3CC(C)(C)CN3Cc3ccc(C(F)(F)F)cc3)CC2)cc1. The average molecular weight is 475 g/mol. The first-order valence-corrected chi connectivity index (χ1v) is 11.3. The van der Waals surface area contributed by atoms with Gasteiger partial charge in [0.2, 0.25) is 5.91 Å². The number of likely N-dealkylation sites (tertiary alicyclic amines) is 1. The van der Waals surface area contributed by atoms with Gasteiger partial charge >= 0.3 is 12.1 Å². The molecule has 0 radical (unpaired) electrons. The first kappa shape index (κ1) is 24.3. The molecule has 2 fully saturated rings. The van der Waals surface area contributed by atoms with Crippen molar-refractivity contribution in [2.45, 2.75) is 57.4 Å². The summed E-state index contributed by atoms with van der Waals surface area (Å²) in [6, 6.07) is 11.8. The van der Waals surface area contributed by atoms with Gasteiger partial charge in [0.05, 0.1) is 29.8 Å². The molecule has 1 aliphatic carbocycles. The third kappa shape index (κ3) is 5.12. The van der Waals surface area contributed by atoms with Crippen LogP contribution >= 0.6 is 0 Å². The molecule has 34 heavy (non-hydrogen) atoms. The van der Waals surface area contributed by atoms with Crippen molar-refractivity contribution in [3.63, 3.8) is 0 Å². The number of nitrogens with one attached hydrogen (secondary N) is 1. The summed E-state index contributed by atoms with van der Waals surface area (Å²) in [5.74, 6) is -0.487. The number of amides is 1. The smallest absolute Gasteiger partial charge is 0.416 e. The summed E-state index contributed by atoms with van der Waals surface area (Å²) in [5.41, 5.74) is 0.920. The highest BCUT2D eigenvalue weighted by molar-refractivity contribution is 5.89. The minimum Gasteiger partial charge on any atom is -0.465 e. The van der Waals surface area contributed by atoms with E-state index in [0.717, 1.165) is 36.1 Å². The van der Waals surface area contributed by atoms with Crippen LogP contribution in [0.3, 0.4) is 0 Å². The van der Waals surface area contributed by atoms with Gasteiger partial charge in [0.25, 0.3) is 0 Å². The van der Waals surface area contributed by atoms with E-state index in [1.54, 1.807) is 12.1 Å². The number of nitrogens with zero attached hydrogens (tertiary/aromatic N) is 1. The van der Waals surface area contributed by atoms with Crippen LogP contribution < -0.4 is 5.32 Å². The topological polar surface area (TPSA) is 58.6 Å². The van der Waals surface area contributed by atoms with Crippen molar-refractivity contribution in [1.82, 2.24) is 10.2 Å². The fraction of sp³-hybridized carbons (Fsp3) is 0.462. The third-order valence-electron chi connectivity index (χ3n) is 6.76. The number of methoxy groups -OCH3 is 1. The number of alkyl halides is 3. The summed E-state index contributed by atoms with van der Waals surface area (Å²) in [6.07, 6.45) is -2.09. The second kappa shape index (κ2) is 8.73. The van der Waals surface area contributed by atoms with Gasteiger partial charge in [-0.2, -0.15) is 13.2 Å². The fourth-order valence-corrected chi connectivity index (χ4v) is 4.81. The summed E-state index contributed by atoms with van der Waals surface area (Å²) in [6.45, 7) is 5.27. The monoisotopic (exact) mass is 474 g/mol. The van der Waals surface area contributed by atoms with E-state index in [9.17, 15) is 22.8 Å². The van der Waals surface area contributed by atoms with Crippen molar-refractivity contribution in [3.8, 4) is 0 Å². The third-order valence-corrected chi connectivity index (χ3v) is 6.76. The molecule has 4 rings (SSSR count). The highest BCUT2D eigenvalue weighted by Crippen LogP contribution is 2.46. The number of rotatable bonds is 6. The summed E-state index contributed by atoms with van der Waals surface area (Å²) in [4.78, 5) is 27.1. The Bertz CT molecular complexity index is 1060. The van der Waals surface area contributed by atoms with E-state index in [2.05, 4.69) is 19.2 Å². The Hall–Kier alpha value is -2.87. The molecule has 0 bridgehead atoms.